The van der Waals surface area contributed by atoms with Crippen molar-refractivity contribution in [3.05, 3.63) is 35.4 Å². The van der Waals surface area contributed by atoms with Gasteiger partial charge in [0, 0.05) is 37.4 Å². The van der Waals surface area contributed by atoms with E-state index in [1.807, 2.05) is 0 Å². The van der Waals surface area contributed by atoms with Crippen LogP contribution in [-0.4, -0.2) is 37.0 Å². The van der Waals surface area contributed by atoms with Crippen LogP contribution >= 0.6 is 0 Å². The molecule has 0 radical (unpaired) electrons. The Balaban J connectivity index is 1.48. The number of nitrogens with zero attached hydrogens (tertiary/aromatic N) is 1. The third kappa shape index (κ3) is 4.35. The number of hydrogen-bond donors (Lipinski definition) is 1. The molecule has 23 heavy (non-hydrogen) atoms. The zero-order chi connectivity index (χ0) is 16.2. The van der Waals surface area contributed by atoms with Gasteiger partial charge in [0.1, 0.15) is 6.54 Å². The number of likely N-dealkylation sites (tertiary alicyclic amines) is 2. The van der Waals surface area contributed by atoms with Crippen molar-refractivity contribution in [2.45, 2.75) is 46.1 Å². The maximum atomic E-state index is 12.7. The summed E-state index contributed by atoms with van der Waals surface area (Å²) >= 11 is 0. The topological polar surface area (TPSA) is 24.8 Å². The third-order valence-electron chi connectivity index (χ3n) is 5.59. The molecule has 2 aliphatic heterocycles. The van der Waals surface area contributed by atoms with Crippen molar-refractivity contribution in [3.8, 4) is 0 Å². The normalized spacial score (nSPS) is 28.6. The predicted molar refractivity (Wildman–Crippen MR) is 93.3 cm³/mol. The SMILES string of the molecule is Cc1ccc(C[NH+]2CCC(C(=O)N3CCC[C@@H](C)C3)CC2)cc1. The molecule has 2 aliphatic rings. The molecule has 0 bridgehead atoms. The van der Waals surface area contributed by atoms with Gasteiger partial charge < -0.3 is 9.80 Å². The number of aryl methyl sites for hydroxylation is 1. The molecular weight excluding hydrogens is 284 g/mol. The molecule has 1 atom stereocenters. The molecule has 1 aromatic carbocycles. The number of rotatable bonds is 3. The molecule has 2 heterocycles. The van der Waals surface area contributed by atoms with Gasteiger partial charge in [0.05, 0.1) is 13.1 Å². The summed E-state index contributed by atoms with van der Waals surface area (Å²) in [7, 11) is 0. The first kappa shape index (κ1) is 16.5. The quantitative estimate of drug-likeness (QED) is 0.907. The van der Waals surface area contributed by atoms with Crippen LogP contribution in [0.3, 0.4) is 0 Å². The van der Waals surface area contributed by atoms with Crippen LogP contribution in [-0.2, 0) is 11.3 Å². The molecule has 1 amide bonds. The van der Waals surface area contributed by atoms with Gasteiger partial charge in [-0.25, -0.2) is 0 Å². The second kappa shape index (κ2) is 7.48. The van der Waals surface area contributed by atoms with Gasteiger partial charge in [0.25, 0.3) is 0 Å². The number of piperidine rings is 2. The first-order valence-electron chi connectivity index (χ1n) is 9.29. The van der Waals surface area contributed by atoms with Crippen molar-refractivity contribution in [3.63, 3.8) is 0 Å². The smallest absolute Gasteiger partial charge is 0.226 e. The number of benzene rings is 1. The molecule has 0 aliphatic carbocycles. The summed E-state index contributed by atoms with van der Waals surface area (Å²) in [4.78, 5) is 16.5. The predicted octanol–water partition coefficient (Wildman–Crippen LogP) is 2.05. The fourth-order valence-electron chi connectivity index (χ4n) is 4.09. The van der Waals surface area contributed by atoms with E-state index in [4.69, 9.17) is 0 Å². The highest BCUT2D eigenvalue weighted by atomic mass is 16.2. The van der Waals surface area contributed by atoms with Gasteiger partial charge in [-0.3, -0.25) is 4.79 Å². The van der Waals surface area contributed by atoms with E-state index >= 15 is 0 Å². The van der Waals surface area contributed by atoms with Gasteiger partial charge in [-0.05, 0) is 25.7 Å². The van der Waals surface area contributed by atoms with Crippen molar-refractivity contribution < 1.29 is 9.69 Å². The maximum Gasteiger partial charge on any atom is 0.226 e. The molecule has 1 N–H and O–H groups in total. The Morgan fingerprint density at radius 2 is 1.87 bits per heavy atom. The molecular formula is C20H31N2O+. The summed E-state index contributed by atoms with van der Waals surface area (Å²) < 4.78 is 0. The molecule has 0 unspecified atom stereocenters. The van der Waals surface area contributed by atoms with Crippen LogP contribution in [0.4, 0.5) is 0 Å². The van der Waals surface area contributed by atoms with Gasteiger partial charge >= 0.3 is 0 Å². The minimum Gasteiger partial charge on any atom is -0.342 e. The van der Waals surface area contributed by atoms with Crippen LogP contribution in [0.2, 0.25) is 0 Å². The Bertz CT molecular complexity index is 517. The second-order valence-electron chi connectivity index (χ2n) is 7.72. The van der Waals surface area contributed by atoms with Gasteiger partial charge in [-0.2, -0.15) is 0 Å². The summed E-state index contributed by atoms with van der Waals surface area (Å²) in [5.41, 5.74) is 2.74. The first-order valence-corrected chi connectivity index (χ1v) is 9.29. The van der Waals surface area contributed by atoms with Crippen LogP contribution in [0.5, 0.6) is 0 Å². The van der Waals surface area contributed by atoms with Crippen molar-refractivity contribution in [1.29, 1.82) is 0 Å². The first-order chi connectivity index (χ1) is 11.1. The molecule has 1 aromatic rings. The summed E-state index contributed by atoms with van der Waals surface area (Å²) in [5, 5.41) is 0. The van der Waals surface area contributed by atoms with Gasteiger partial charge in [-0.1, -0.05) is 36.8 Å². The van der Waals surface area contributed by atoms with E-state index in [2.05, 4.69) is 43.0 Å². The lowest BCUT2D eigenvalue weighted by Gasteiger charge is -2.36. The van der Waals surface area contributed by atoms with Gasteiger partial charge in [0.2, 0.25) is 5.91 Å². The number of nitrogens with one attached hydrogen (secondary N) is 1. The summed E-state index contributed by atoms with van der Waals surface area (Å²) in [6.07, 6.45) is 4.59. The number of amides is 1. The highest BCUT2D eigenvalue weighted by molar-refractivity contribution is 5.79. The fourth-order valence-corrected chi connectivity index (χ4v) is 4.09. The van der Waals surface area contributed by atoms with Crippen LogP contribution < -0.4 is 4.90 Å². The van der Waals surface area contributed by atoms with Gasteiger partial charge in [0.15, 0.2) is 0 Å². The summed E-state index contributed by atoms with van der Waals surface area (Å²) in [6.45, 7) is 9.74. The lowest BCUT2D eigenvalue weighted by molar-refractivity contribution is -0.919. The van der Waals surface area contributed by atoms with Crippen molar-refractivity contribution in [2.75, 3.05) is 26.2 Å². The number of quaternary nitrogens is 1. The van der Waals surface area contributed by atoms with Crippen LogP contribution in [0.1, 0.15) is 43.7 Å². The minimum absolute atomic E-state index is 0.280. The zero-order valence-corrected chi connectivity index (χ0v) is 14.7. The van der Waals surface area contributed by atoms with E-state index in [0.717, 1.165) is 45.6 Å². The largest absolute Gasteiger partial charge is 0.342 e. The van der Waals surface area contributed by atoms with E-state index in [9.17, 15) is 4.79 Å². The standard InChI is InChI=1S/C20H30N2O/c1-16-5-7-18(8-6-16)15-21-12-9-19(10-13-21)20(23)22-11-3-4-17(2)14-22/h5-8,17,19H,3-4,9-15H2,1-2H3/p+1/t17-/m1/s1. The lowest BCUT2D eigenvalue weighted by atomic mass is 9.92. The highest BCUT2D eigenvalue weighted by Crippen LogP contribution is 2.20. The fraction of sp³-hybridized carbons (Fsp3) is 0.650. The monoisotopic (exact) mass is 315 g/mol. The Labute approximate surface area is 140 Å². The number of carbonyl (C=O) groups excluding carboxylic acids is 1. The second-order valence-corrected chi connectivity index (χ2v) is 7.72. The molecule has 0 aromatic heterocycles. The summed E-state index contributed by atoms with van der Waals surface area (Å²) in [6, 6.07) is 8.88. The number of hydrogen-bond acceptors (Lipinski definition) is 1. The Morgan fingerprint density at radius 3 is 2.52 bits per heavy atom. The Hall–Kier alpha value is -1.35. The molecule has 2 saturated heterocycles. The van der Waals surface area contributed by atoms with Gasteiger partial charge in [-0.15, -0.1) is 0 Å². The van der Waals surface area contributed by atoms with E-state index in [1.165, 1.54) is 24.0 Å². The van der Waals surface area contributed by atoms with E-state index in [-0.39, 0.29) is 5.92 Å². The molecule has 3 rings (SSSR count). The van der Waals surface area contributed by atoms with Crippen molar-refractivity contribution in [1.82, 2.24) is 4.90 Å². The number of carbonyl (C=O) groups is 1. The van der Waals surface area contributed by atoms with E-state index in [0.29, 0.717) is 11.8 Å². The molecule has 2 fully saturated rings. The van der Waals surface area contributed by atoms with Crippen molar-refractivity contribution >= 4 is 5.91 Å². The van der Waals surface area contributed by atoms with E-state index < -0.39 is 0 Å². The highest BCUT2D eigenvalue weighted by Gasteiger charge is 2.32. The average Bonchev–Trinajstić information content (AvgIpc) is 2.57. The van der Waals surface area contributed by atoms with Crippen LogP contribution in [0.25, 0.3) is 0 Å². The summed E-state index contributed by atoms with van der Waals surface area (Å²) in [5.74, 6) is 1.40. The average molecular weight is 315 g/mol. The van der Waals surface area contributed by atoms with Crippen molar-refractivity contribution in [2.24, 2.45) is 11.8 Å². The molecule has 3 nitrogen and oxygen atoms in total. The lowest BCUT2D eigenvalue weighted by Crippen LogP contribution is -3.11. The molecule has 3 heteroatoms. The molecule has 0 spiro atoms. The molecule has 0 saturated carbocycles. The zero-order valence-electron chi connectivity index (χ0n) is 14.7. The Kier molecular flexibility index (Phi) is 5.37. The van der Waals surface area contributed by atoms with E-state index in [1.54, 1.807) is 4.90 Å². The Morgan fingerprint density at radius 1 is 1.17 bits per heavy atom. The van der Waals surface area contributed by atoms with Crippen LogP contribution in [0.15, 0.2) is 24.3 Å². The maximum absolute atomic E-state index is 12.7. The minimum atomic E-state index is 0.280. The molecule has 126 valence electrons. The third-order valence-corrected chi connectivity index (χ3v) is 5.59. The van der Waals surface area contributed by atoms with Crippen LogP contribution in [0, 0.1) is 18.8 Å².